The molecule has 0 aliphatic carbocycles. The Hall–Kier alpha value is 0.290. The lowest BCUT2D eigenvalue weighted by atomic mass is 10.4. The zero-order valence-corrected chi connectivity index (χ0v) is 4.13. The summed E-state index contributed by atoms with van der Waals surface area (Å²) in [5.74, 6) is 1.65. The highest BCUT2D eigenvalue weighted by molar-refractivity contribution is 6.22. The van der Waals surface area contributed by atoms with Gasteiger partial charge in [0.15, 0.2) is 0 Å². The molecule has 0 aromatic carbocycles. The van der Waals surface area contributed by atoms with E-state index in [0.29, 0.717) is 0 Å². The first-order chi connectivity index (χ1) is 2.41. The van der Waals surface area contributed by atoms with Crippen molar-refractivity contribution in [1.29, 1.82) is 0 Å². The topological polar surface area (TPSA) is 0 Å². The molecule has 0 N–H and O–H groups in total. The van der Waals surface area contributed by atoms with E-state index in [1.807, 2.05) is 0 Å². The van der Waals surface area contributed by atoms with E-state index in [2.05, 4.69) is 6.92 Å². The summed E-state index contributed by atoms with van der Waals surface area (Å²) in [6.07, 6.45) is 2.19. The molecule has 1 radical (unpaired) electrons. The van der Waals surface area contributed by atoms with E-state index in [-0.39, 0.29) is 0 Å². The molecule has 0 aliphatic heterocycles. The van der Waals surface area contributed by atoms with E-state index in [1.165, 1.54) is 0 Å². The van der Waals surface area contributed by atoms with E-state index in [4.69, 9.17) is 11.6 Å². The van der Waals surface area contributed by atoms with Crippen LogP contribution in [0.2, 0.25) is 0 Å². The fourth-order valence-electron chi connectivity index (χ4n) is 0.109. The van der Waals surface area contributed by atoms with Gasteiger partial charge >= 0.3 is 0 Å². The maximum Gasteiger partial charge on any atom is 0.0499 e. The van der Waals surface area contributed by atoms with E-state index < -0.39 is 0 Å². The zero-order valence-electron chi connectivity index (χ0n) is 3.37. The molecule has 0 amide bonds. The maximum absolute atomic E-state index is 5.18. The highest BCUT2D eigenvalue weighted by atomic mass is 35.5. The van der Waals surface area contributed by atoms with Crippen molar-refractivity contribution in [1.82, 2.24) is 0 Å². The second kappa shape index (κ2) is 4.29. The van der Waals surface area contributed by atoms with E-state index in [1.54, 1.807) is 5.88 Å². The van der Waals surface area contributed by atoms with Crippen LogP contribution in [0.4, 0.5) is 0 Å². The Morgan fingerprint density at radius 3 is 2.40 bits per heavy atom. The Balaban J connectivity index is 2.19. The summed E-state index contributed by atoms with van der Waals surface area (Å²) in [7, 11) is 0. The van der Waals surface area contributed by atoms with Gasteiger partial charge in [0.1, 0.15) is 0 Å². The lowest BCUT2D eigenvalue weighted by Gasteiger charge is -1.76. The Morgan fingerprint density at radius 1 is 1.80 bits per heavy atom. The highest BCUT2D eigenvalue weighted by Crippen LogP contribution is 1.93. The monoisotopic (exact) mass is 91.0 g/mol. The summed E-state index contributed by atoms with van der Waals surface area (Å²) in [5.41, 5.74) is 0. The third-order valence-corrected chi connectivity index (χ3v) is 0.616. The number of halogens is 1. The predicted octanol–water partition coefficient (Wildman–Crippen LogP) is 2.19. The minimum Gasteiger partial charge on any atom is -0.121 e. The summed E-state index contributed by atoms with van der Waals surface area (Å²) < 4.78 is 0. The molecular weight excluding hydrogens is 83.5 g/mol. The molecule has 0 aliphatic rings. The van der Waals surface area contributed by atoms with E-state index in [0.717, 1.165) is 12.8 Å². The van der Waals surface area contributed by atoms with Gasteiger partial charge in [-0.25, -0.2) is 0 Å². The molecule has 5 heavy (non-hydrogen) atoms. The summed E-state index contributed by atoms with van der Waals surface area (Å²) in [5, 5.41) is 0. The normalized spacial score (nSPS) is 8.40. The zero-order chi connectivity index (χ0) is 4.12. The standard InChI is InChI=1S/C4H8Cl/c1-2-3-4-5/h4H,2-3H2,1H3. The average Bonchev–Trinajstić information content (AvgIpc) is 1.41. The predicted molar refractivity (Wildman–Crippen MR) is 25.1 cm³/mol. The van der Waals surface area contributed by atoms with Crippen molar-refractivity contribution in [3.63, 3.8) is 0 Å². The third-order valence-electron chi connectivity index (χ3n) is 0.398. The van der Waals surface area contributed by atoms with Crippen LogP contribution < -0.4 is 0 Å². The first kappa shape index (κ1) is 5.29. The molecule has 0 aromatic heterocycles. The first-order valence-corrected chi connectivity index (χ1v) is 2.27. The molecule has 0 nitrogen and oxygen atoms in total. The minimum atomic E-state index is 1.03. The van der Waals surface area contributed by atoms with Crippen molar-refractivity contribution in [3.8, 4) is 0 Å². The van der Waals surface area contributed by atoms with Crippen LogP contribution in [0.3, 0.4) is 0 Å². The Labute approximate surface area is 38.1 Å². The van der Waals surface area contributed by atoms with Crippen LogP contribution in [-0.2, 0) is 0 Å². The number of rotatable bonds is 2. The summed E-state index contributed by atoms with van der Waals surface area (Å²) in [4.78, 5) is 0. The van der Waals surface area contributed by atoms with Gasteiger partial charge in [-0.2, -0.15) is 0 Å². The number of hydrogen-bond acceptors (Lipinski definition) is 0. The number of unbranched alkanes of at least 4 members (excludes halogenated alkanes) is 1. The van der Waals surface area contributed by atoms with Gasteiger partial charge in [-0.15, -0.1) is 11.6 Å². The molecule has 0 heterocycles. The molecule has 0 fully saturated rings. The maximum atomic E-state index is 5.18. The fraction of sp³-hybridized carbons (Fsp3) is 0.750. The van der Waals surface area contributed by atoms with Crippen LogP contribution in [0.5, 0.6) is 0 Å². The van der Waals surface area contributed by atoms with E-state index in [9.17, 15) is 0 Å². The van der Waals surface area contributed by atoms with Gasteiger partial charge in [-0.1, -0.05) is 13.3 Å². The second-order valence-electron chi connectivity index (χ2n) is 0.943. The van der Waals surface area contributed by atoms with Gasteiger partial charge in [0.25, 0.3) is 0 Å². The molecule has 0 saturated heterocycles. The summed E-state index contributed by atoms with van der Waals surface area (Å²) in [6, 6.07) is 0. The van der Waals surface area contributed by atoms with Crippen LogP contribution in [-0.4, -0.2) is 0 Å². The summed E-state index contributed by atoms with van der Waals surface area (Å²) in [6.45, 7) is 2.10. The largest absolute Gasteiger partial charge is 0.121 e. The van der Waals surface area contributed by atoms with Crippen molar-refractivity contribution in [2.24, 2.45) is 0 Å². The molecule has 31 valence electrons. The van der Waals surface area contributed by atoms with Gasteiger partial charge in [0.2, 0.25) is 0 Å². The Bertz CT molecular complexity index is 11.1. The van der Waals surface area contributed by atoms with Gasteiger partial charge in [0, 0.05) is 5.88 Å². The highest BCUT2D eigenvalue weighted by Gasteiger charge is 1.71. The minimum absolute atomic E-state index is 1.03. The van der Waals surface area contributed by atoms with Gasteiger partial charge < -0.3 is 0 Å². The van der Waals surface area contributed by atoms with Gasteiger partial charge in [0.05, 0.1) is 0 Å². The lowest BCUT2D eigenvalue weighted by molar-refractivity contribution is 0.942. The van der Waals surface area contributed by atoms with Crippen LogP contribution in [0, 0.1) is 5.88 Å². The molecule has 0 unspecified atom stereocenters. The van der Waals surface area contributed by atoms with Crippen molar-refractivity contribution >= 4 is 11.6 Å². The van der Waals surface area contributed by atoms with Crippen molar-refractivity contribution in [3.05, 3.63) is 5.88 Å². The molecule has 0 atom stereocenters. The molecular formula is C4H8Cl. The average molecular weight is 91.6 g/mol. The lowest BCUT2D eigenvalue weighted by Crippen LogP contribution is -1.57. The van der Waals surface area contributed by atoms with Crippen molar-refractivity contribution in [2.75, 3.05) is 0 Å². The first-order valence-electron chi connectivity index (χ1n) is 1.83. The molecule has 1 heteroatoms. The Morgan fingerprint density at radius 2 is 2.40 bits per heavy atom. The van der Waals surface area contributed by atoms with Crippen LogP contribution in [0.1, 0.15) is 19.8 Å². The fourth-order valence-corrected chi connectivity index (χ4v) is 0.327. The number of hydrogen-bond donors (Lipinski definition) is 0. The smallest absolute Gasteiger partial charge is 0.0499 e. The Kier molecular flexibility index (Phi) is 4.54. The quantitative estimate of drug-likeness (QED) is 0.489. The molecule has 0 aromatic rings. The SMILES string of the molecule is CCC[CH]Cl. The van der Waals surface area contributed by atoms with E-state index >= 15 is 0 Å². The molecule has 0 saturated carbocycles. The third kappa shape index (κ3) is 4.29. The van der Waals surface area contributed by atoms with Crippen LogP contribution in [0.25, 0.3) is 0 Å². The van der Waals surface area contributed by atoms with Gasteiger partial charge in [-0.05, 0) is 6.42 Å². The van der Waals surface area contributed by atoms with Crippen LogP contribution in [0.15, 0.2) is 0 Å². The van der Waals surface area contributed by atoms with Crippen molar-refractivity contribution in [2.45, 2.75) is 19.8 Å². The molecule has 0 bridgehead atoms. The van der Waals surface area contributed by atoms with Crippen LogP contribution >= 0.6 is 11.6 Å². The second-order valence-corrected chi connectivity index (χ2v) is 1.25. The molecule has 0 spiro atoms. The summed E-state index contributed by atoms with van der Waals surface area (Å²) >= 11 is 5.18. The molecule has 0 rings (SSSR count). The van der Waals surface area contributed by atoms with Crippen molar-refractivity contribution < 1.29 is 0 Å². The van der Waals surface area contributed by atoms with Gasteiger partial charge in [-0.3, -0.25) is 0 Å².